The first kappa shape index (κ1) is 13.0. The number of hydrogen-bond acceptors (Lipinski definition) is 5. The summed E-state index contributed by atoms with van der Waals surface area (Å²) in [6.45, 7) is 4.00. The number of rotatable bonds is 2. The standard InChI is InChI=1S/C15H20N4O/c1-11-6-7-12(10-13(11)16)14-17-15(18-20-14)19-8-4-2-3-5-9-19/h6-7,10H,2-5,8-9,16H2,1H3. The minimum Gasteiger partial charge on any atom is -0.398 e. The Morgan fingerprint density at radius 1 is 1.15 bits per heavy atom. The van der Waals surface area contributed by atoms with E-state index in [0.717, 1.165) is 29.9 Å². The number of benzene rings is 1. The van der Waals surface area contributed by atoms with Crippen LogP contribution in [-0.4, -0.2) is 23.2 Å². The molecule has 5 nitrogen and oxygen atoms in total. The average molecular weight is 272 g/mol. The molecule has 1 fully saturated rings. The third kappa shape index (κ3) is 2.61. The largest absolute Gasteiger partial charge is 0.398 e. The minimum absolute atomic E-state index is 0.538. The molecule has 0 spiro atoms. The van der Waals surface area contributed by atoms with Crippen LogP contribution in [0.15, 0.2) is 22.7 Å². The Morgan fingerprint density at radius 3 is 2.60 bits per heavy atom. The number of aromatic nitrogens is 2. The van der Waals surface area contributed by atoms with Crippen LogP contribution in [0.4, 0.5) is 11.6 Å². The normalized spacial score (nSPS) is 16.1. The maximum absolute atomic E-state index is 5.93. The molecule has 2 aromatic rings. The summed E-state index contributed by atoms with van der Waals surface area (Å²) in [6.07, 6.45) is 4.97. The van der Waals surface area contributed by atoms with Crippen molar-refractivity contribution in [2.24, 2.45) is 0 Å². The summed E-state index contributed by atoms with van der Waals surface area (Å²) in [5.41, 5.74) is 8.61. The zero-order valence-corrected chi connectivity index (χ0v) is 11.8. The maximum atomic E-state index is 5.93. The molecule has 20 heavy (non-hydrogen) atoms. The van der Waals surface area contributed by atoms with Gasteiger partial charge in [0.05, 0.1) is 0 Å². The number of nitrogens with two attached hydrogens (primary N) is 1. The van der Waals surface area contributed by atoms with Crippen molar-refractivity contribution in [3.05, 3.63) is 23.8 Å². The average Bonchev–Trinajstić information content (AvgIpc) is 2.78. The van der Waals surface area contributed by atoms with E-state index in [4.69, 9.17) is 10.3 Å². The number of nitrogen functional groups attached to an aromatic ring is 1. The van der Waals surface area contributed by atoms with Crippen LogP contribution in [0.5, 0.6) is 0 Å². The summed E-state index contributed by atoms with van der Waals surface area (Å²) < 4.78 is 5.38. The molecule has 0 unspecified atom stereocenters. The Labute approximate surface area is 118 Å². The van der Waals surface area contributed by atoms with Crippen LogP contribution in [0.25, 0.3) is 11.5 Å². The molecule has 1 aromatic carbocycles. The SMILES string of the molecule is Cc1ccc(-c2nc(N3CCCCCC3)no2)cc1N. The van der Waals surface area contributed by atoms with Gasteiger partial charge in [-0.05, 0) is 42.6 Å². The van der Waals surface area contributed by atoms with Crippen molar-refractivity contribution in [3.63, 3.8) is 0 Å². The van der Waals surface area contributed by atoms with E-state index in [2.05, 4.69) is 15.0 Å². The molecule has 0 amide bonds. The van der Waals surface area contributed by atoms with E-state index in [0.29, 0.717) is 11.8 Å². The first-order chi connectivity index (χ1) is 9.74. The highest BCUT2D eigenvalue weighted by molar-refractivity contribution is 5.63. The predicted molar refractivity (Wildman–Crippen MR) is 79.6 cm³/mol. The van der Waals surface area contributed by atoms with E-state index in [9.17, 15) is 0 Å². The lowest BCUT2D eigenvalue weighted by Gasteiger charge is -2.16. The van der Waals surface area contributed by atoms with Gasteiger partial charge in [-0.2, -0.15) is 4.98 Å². The van der Waals surface area contributed by atoms with Crippen LogP contribution >= 0.6 is 0 Å². The first-order valence-corrected chi connectivity index (χ1v) is 7.19. The van der Waals surface area contributed by atoms with E-state index in [1.54, 1.807) is 0 Å². The summed E-state index contributed by atoms with van der Waals surface area (Å²) in [5.74, 6) is 1.23. The molecule has 0 saturated carbocycles. The molecular formula is C15H20N4O. The van der Waals surface area contributed by atoms with Gasteiger partial charge < -0.3 is 15.2 Å². The lowest BCUT2D eigenvalue weighted by Crippen LogP contribution is -2.24. The maximum Gasteiger partial charge on any atom is 0.266 e. The van der Waals surface area contributed by atoms with Crippen LogP contribution < -0.4 is 10.6 Å². The van der Waals surface area contributed by atoms with Gasteiger partial charge in [-0.15, -0.1) is 0 Å². The minimum atomic E-state index is 0.538. The first-order valence-electron chi connectivity index (χ1n) is 7.19. The molecule has 0 radical (unpaired) electrons. The fraction of sp³-hybridized carbons (Fsp3) is 0.467. The quantitative estimate of drug-likeness (QED) is 0.851. The molecule has 1 aliphatic rings. The molecule has 1 aromatic heterocycles. The highest BCUT2D eigenvalue weighted by Crippen LogP contribution is 2.25. The number of aryl methyl sites for hydroxylation is 1. The zero-order valence-electron chi connectivity index (χ0n) is 11.8. The van der Waals surface area contributed by atoms with E-state index >= 15 is 0 Å². The van der Waals surface area contributed by atoms with Crippen molar-refractivity contribution < 1.29 is 4.52 Å². The second kappa shape index (κ2) is 5.53. The molecule has 0 aliphatic carbocycles. The van der Waals surface area contributed by atoms with Crippen molar-refractivity contribution in [2.45, 2.75) is 32.6 Å². The van der Waals surface area contributed by atoms with Crippen molar-refractivity contribution in [1.82, 2.24) is 10.1 Å². The fourth-order valence-corrected chi connectivity index (χ4v) is 2.51. The monoisotopic (exact) mass is 272 g/mol. The van der Waals surface area contributed by atoms with Crippen LogP contribution in [0.3, 0.4) is 0 Å². The molecule has 1 saturated heterocycles. The van der Waals surface area contributed by atoms with Gasteiger partial charge in [-0.3, -0.25) is 0 Å². The van der Waals surface area contributed by atoms with Crippen LogP contribution in [0, 0.1) is 6.92 Å². The summed E-state index contributed by atoms with van der Waals surface area (Å²) >= 11 is 0. The predicted octanol–water partition coefficient (Wildman–Crippen LogP) is 3.01. The topological polar surface area (TPSA) is 68.2 Å². The van der Waals surface area contributed by atoms with Crippen LogP contribution in [0.1, 0.15) is 31.2 Å². The van der Waals surface area contributed by atoms with E-state index in [1.807, 2.05) is 25.1 Å². The van der Waals surface area contributed by atoms with Crippen LogP contribution in [0.2, 0.25) is 0 Å². The molecule has 106 valence electrons. The van der Waals surface area contributed by atoms with Gasteiger partial charge in [-0.25, -0.2) is 0 Å². The molecule has 1 aliphatic heterocycles. The Balaban J connectivity index is 1.83. The van der Waals surface area contributed by atoms with Gasteiger partial charge >= 0.3 is 0 Å². The number of anilines is 2. The molecule has 0 bridgehead atoms. The van der Waals surface area contributed by atoms with Gasteiger partial charge in [0.15, 0.2) is 0 Å². The number of hydrogen-bond donors (Lipinski definition) is 1. The Kier molecular flexibility index (Phi) is 3.58. The van der Waals surface area contributed by atoms with Crippen molar-refractivity contribution in [1.29, 1.82) is 0 Å². The van der Waals surface area contributed by atoms with Gasteiger partial charge in [-0.1, -0.05) is 18.9 Å². The molecule has 5 heteroatoms. The van der Waals surface area contributed by atoms with Crippen molar-refractivity contribution in [3.8, 4) is 11.5 Å². The Morgan fingerprint density at radius 2 is 1.90 bits per heavy atom. The fourth-order valence-electron chi connectivity index (χ4n) is 2.51. The lowest BCUT2D eigenvalue weighted by molar-refractivity contribution is 0.429. The van der Waals surface area contributed by atoms with E-state index in [-0.39, 0.29) is 0 Å². The van der Waals surface area contributed by atoms with E-state index in [1.165, 1.54) is 25.7 Å². The Hall–Kier alpha value is -2.04. The lowest BCUT2D eigenvalue weighted by atomic mass is 10.1. The van der Waals surface area contributed by atoms with Crippen LogP contribution in [-0.2, 0) is 0 Å². The molecule has 2 heterocycles. The molecule has 0 atom stereocenters. The van der Waals surface area contributed by atoms with Crippen molar-refractivity contribution in [2.75, 3.05) is 23.7 Å². The summed E-state index contributed by atoms with van der Waals surface area (Å²) in [5, 5.41) is 4.11. The molecule has 3 rings (SSSR count). The summed E-state index contributed by atoms with van der Waals surface area (Å²) in [7, 11) is 0. The van der Waals surface area contributed by atoms with Gasteiger partial charge in [0.1, 0.15) is 0 Å². The second-order valence-corrected chi connectivity index (χ2v) is 5.37. The molecular weight excluding hydrogens is 252 g/mol. The molecule has 2 N–H and O–H groups in total. The third-order valence-electron chi connectivity index (χ3n) is 3.83. The van der Waals surface area contributed by atoms with Gasteiger partial charge in [0, 0.05) is 24.3 Å². The Bertz CT molecular complexity index is 585. The second-order valence-electron chi connectivity index (χ2n) is 5.37. The number of nitrogens with zero attached hydrogens (tertiary/aromatic N) is 3. The summed E-state index contributed by atoms with van der Waals surface area (Å²) in [6, 6.07) is 5.82. The highest BCUT2D eigenvalue weighted by atomic mass is 16.5. The van der Waals surface area contributed by atoms with E-state index < -0.39 is 0 Å². The highest BCUT2D eigenvalue weighted by Gasteiger charge is 2.17. The summed E-state index contributed by atoms with van der Waals surface area (Å²) in [4.78, 5) is 6.72. The third-order valence-corrected chi connectivity index (χ3v) is 3.83. The van der Waals surface area contributed by atoms with Crippen molar-refractivity contribution >= 4 is 11.6 Å². The smallest absolute Gasteiger partial charge is 0.266 e. The van der Waals surface area contributed by atoms with Gasteiger partial charge in [0.2, 0.25) is 0 Å². The van der Waals surface area contributed by atoms with Gasteiger partial charge in [0.25, 0.3) is 11.8 Å². The zero-order chi connectivity index (χ0) is 13.9.